The minimum Gasteiger partial charge on any atom is -0.338 e. The van der Waals surface area contributed by atoms with Gasteiger partial charge in [-0.15, -0.1) is 0 Å². The highest BCUT2D eigenvalue weighted by molar-refractivity contribution is 5.92. The smallest absolute Gasteiger partial charge is 0.277 e. The van der Waals surface area contributed by atoms with E-state index in [9.17, 15) is 4.79 Å². The predicted molar refractivity (Wildman–Crippen MR) is 117 cm³/mol. The second-order valence-corrected chi connectivity index (χ2v) is 7.33. The van der Waals surface area contributed by atoms with E-state index in [2.05, 4.69) is 53.6 Å². The molecule has 2 aromatic heterocycles. The summed E-state index contributed by atoms with van der Waals surface area (Å²) in [6.45, 7) is 4.11. The second-order valence-electron chi connectivity index (χ2n) is 7.33. The van der Waals surface area contributed by atoms with Gasteiger partial charge in [0, 0.05) is 63.6 Å². The number of imidazole rings is 1. The van der Waals surface area contributed by atoms with Crippen LogP contribution in [0.1, 0.15) is 15.9 Å². The maximum Gasteiger partial charge on any atom is 0.277 e. The van der Waals surface area contributed by atoms with Gasteiger partial charge in [-0.05, 0) is 5.56 Å². The van der Waals surface area contributed by atoms with Crippen LogP contribution in [0.5, 0.6) is 0 Å². The molecular weight excluding hydrogens is 394 g/mol. The first kappa shape index (κ1) is 20.7. The van der Waals surface area contributed by atoms with Crippen molar-refractivity contribution in [3.63, 3.8) is 0 Å². The van der Waals surface area contributed by atoms with Gasteiger partial charge in [-0.1, -0.05) is 42.5 Å². The molecule has 0 radical (unpaired) electrons. The zero-order valence-corrected chi connectivity index (χ0v) is 17.1. The molecule has 0 saturated carbocycles. The van der Waals surface area contributed by atoms with E-state index in [-0.39, 0.29) is 11.6 Å². The van der Waals surface area contributed by atoms with Crippen LogP contribution in [0.25, 0.3) is 6.08 Å². The number of anilines is 1. The molecule has 1 atom stereocenters. The van der Waals surface area contributed by atoms with Gasteiger partial charge >= 0.3 is 0 Å². The molecule has 1 unspecified atom stereocenters. The third-order valence-electron chi connectivity index (χ3n) is 5.34. The Morgan fingerprint density at radius 1 is 1.13 bits per heavy atom. The number of rotatable bonds is 7. The lowest BCUT2D eigenvalue weighted by atomic mass is 10.1. The fourth-order valence-electron chi connectivity index (χ4n) is 3.61. The minimum atomic E-state index is -0.621. The molecule has 3 aromatic rings. The molecule has 0 bridgehead atoms. The van der Waals surface area contributed by atoms with Crippen molar-refractivity contribution in [3.8, 4) is 0 Å². The number of hydrogen-bond donors (Lipinski definition) is 2. The highest BCUT2D eigenvalue weighted by Crippen LogP contribution is 2.15. The normalized spacial score (nSPS) is 15.8. The van der Waals surface area contributed by atoms with Crippen molar-refractivity contribution in [2.24, 2.45) is 0 Å². The molecule has 1 amide bonds. The summed E-state index contributed by atoms with van der Waals surface area (Å²) in [6, 6.07) is 10.5. The van der Waals surface area contributed by atoms with Crippen LogP contribution in [0.3, 0.4) is 0 Å². The van der Waals surface area contributed by atoms with Crippen LogP contribution in [-0.4, -0.2) is 67.8 Å². The van der Waals surface area contributed by atoms with Crippen molar-refractivity contribution in [1.82, 2.24) is 29.9 Å². The highest BCUT2D eigenvalue weighted by atomic mass is 16.5. The summed E-state index contributed by atoms with van der Waals surface area (Å²) in [5.74, 6) is -0.0379. The van der Waals surface area contributed by atoms with Crippen LogP contribution in [0.2, 0.25) is 0 Å². The van der Waals surface area contributed by atoms with Crippen molar-refractivity contribution in [1.29, 1.82) is 0 Å². The number of piperazine rings is 1. The van der Waals surface area contributed by atoms with Gasteiger partial charge in [0.25, 0.3) is 5.91 Å². The molecule has 3 heterocycles. The van der Waals surface area contributed by atoms with Gasteiger partial charge in [-0.3, -0.25) is 14.9 Å². The summed E-state index contributed by atoms with van der Waals surface area (Å²) in [4.78, 5) is 28.7. The highest BCUT2D eigenvalue weighted by Gasteiger charge is 2.24. The quantitative estimate of drug-likeness (QED) is 0.444. The standard InChI is InChI=1S/C22H25N7O2/c30-21(26-31)19-14-24-22(25-15-19)29-12-10-28(11-13-29)20(16-27-9-8-23-17-27)7-6-18-4-2-1-3-5-18/h1-9,14-15,17,20,31H,10-13,16H2,(H,26,30). The average molecular weight is 419 g/mol. The van der Waals surface area contributed by atoms with Gasteiger partial charge in [-0.2, -0.15) is 0 Å². The number of amides is 1. The average Bonchev–Trinajstić information content (AvgIpc) is 3.35. The van der Waals surface area contributed by atoms with Gasteiger partial charge in [0.15, 0.2) is 0 Å². The van der Waals surface area contributed by atoms with Crippen LogP contribution in [-0.2, 0) is 6.54 Å². The van der Waals surface area contributed by atoms with Crippen LogP contribution in [0.4, 0.5) is 5.95 Å². The second kappa shape index (κ2) is 9.96. The molecule has 9 nitrogen and oxygen atoms in total. The maximum atomic E-state index is 11.4. The van der Waals surface area contributed by atoms with Crippen LogP contribution in [0, 0.1) is 0 Å². The van der Waals surface area contributed by atoms with Crippen molar-refractivity contribution < 1.29 is 10.0 Å². The molecular formula is C22H25N7O2. The lowest BCUT2D eigenvalue weighted by Gasteiger charge is -2.38. The van der Waals surface area contributed by atoms with E-state index >= 15 is 0 Å². The first-order chi connectivity index (χ1) is 15.2. The van der Waals surface area contributed by atoms with E-state index in [1.807, 2.05) is 30.7 Å². The Morgan fingerprint density at radius 2 is 1.87 bits per heavy atom. The Morgan fingerprint density at radius 3 is 2.52 bits per heavy atom. The van der Waals surface area contributed by atoms with Crippen LogP contribution >= 0.6 is 0 Å². The predicted octanol–water partition coefficient (Wildman–Crippen LogP) is 1.70. The fourth-order valence-corrected chi connectivity index (χ4v) is 3.61. The Hall–Kier alpha value is -3.56. The number of carbonyl (C=O) groups excluding carboxylic acids is 1. The summed E-state index contributed by atoms with van der Waals surface area (Å²) >= 11 is 0. The number of benzene rings is 1. The zero-order valence-electron chi connectivity index (χ0n) is 17.1. The molecule has 160 valence electrons. The maximum absolute atomic E-state index is 11.4. The molecule has 0 aliphatic carbocycles. The zero-order chi connectivity index (χ0) is 21.5. The van der Waals surface area contributed by atoms with Gasteiger partial charge in [0.05, 0.1) is 11.9 Å². The van der Waals surface area contributed by atoms with E-state index in [1.54, 1.807) is 11.7 Å². The molecule has 1 saturated heterocycles. The summed E-state index contributed by atoms with van der Waals surface area (Å²) in [5.41, 5.74) is 2.98. The lowest BCUT2D eigenvalue weighted by molar-refractivity contribution is 0.0705. The monoisotopic (exact) mass is 419 g/mol. The van der Waals surface area contributed by atoms with Gasteiger partial charge < -0.3 is 9.47 Å². The van der Waals surface area contributed by atoms with Crippen LogP contribution in [0.15, 0.2) is 67.5 Å². The summed E-state index contributed by atoms with van der Waals surface area (Å²) < 4.78 is 2.10. The third-order valence-corrected chi connectivity index (χ3v) is 5.34. The number of carbonyl (C=O) groups is 1. The van der Waals surface area contributed by atoms with E-state index in [4.69, 9.17) is 5.21 Å². The van der Waals surface area contributed by atoms with Gasteiger partial charge in [-0.25, -0.2) is 20.4 Å². The summed E-state index contributed by atoms with van der Waals surface area (Å²) in [6.07, 6.45) is 12.9. The first-order valence-corrected chi connectivity index (χ1v) is 10.2. The fraction of sp³-hybridized carbons (Fsp3) is 0.273. The Bertz CT molecular complexity index is 982. The molecule has 4 rings (SSSR count). The molecule has 1 aliphatic rings. The molecule has 9 heteroatoms. The van der Waals surface area contributed by atoms with Crippen LogP contribution < -0.4 is 10.4 Å². The topological polar surface area (TPSA) is 99.4 Å². The van der Waals surface area contributed by atoms with E-state index < -0.39 is 5.91 Å². The molecule has 1 fully saturated rings. The number of nitrogens with one attached hydrogen (secondary N) is 1. The van der Waals surface area contributed by atoms with Crippen molar-refractivity contribution in [2.45, 2.75) is 12.6 Å². The lowest BCUT2D eigenvalue weighted by Crippen LogP contribution is -2.51. The first-order valence-electron chi connectivity index (χ1n) is 10.2. The van der Waals surface area contributed by atoms with Crippen molar-refractivity contribution >= 4 is 17.9 Å². The molecule has 31 heavy (non-hydrogen) atoms. The largest absolute Gasteiger partial charge is 0.338 e. The minimum absolute atomic E-state index is 0.219. The van der Waals surface area contributed by atoms with Crippen molar-refractivity contribution in [2.75, 3.05) is 31.1 Å². The van der Waals surface area contributed by atoms with E-state index in [1.165, 1.54) is 18.0 Å². The van der Waals surface area contributed by atoms with E-state index in [0.29, 0.717) is 5.95 Å². The molecule has 2 N–H and O–H groups in total. The number of hydroxylamine groups is 1. The molecule has 0 spiro atoms. The number of aromatic nitrogens is 4. The Kier molecular flexibility index (Phi) is 6.65. The SMILES string of the molecule is O=C(NO)c1cnc(N2CCN(C(C=Cc3ccccc3)Cn3ccnc3)CC2)nc1. The summed E-state index contributed by atoms with van der Waals surface area (Å²) in [7, 11) is 0. The Balaban J connectivity index is 1.42. The molecule has 1 aliphatic heterocycles. The van der Waals surface area contributed by atoms with Gasteiger partial charge in [0.2, 0.25) is 5.95 Å². The third kappa shape index (κ3) is 5.33. The van der Waals surface area contributed by atoms with Gasteiger partial charge in [0.1, 0.15) is 0 Å². The van der Waals surface area contributed by atoms with E-state index in [0.717, 1.165) is 32.7 Å². The van der Waals surface area contributed by atoms with Crippen molar-refractivity contribution in [3.05, 3.63) is 78.6 Å². The number of nitrogens with zero attached hydrogens (tertiary/aromatic N) is 6. The Labute approximate surface area is 180 Å². The number of hydrogen-bond acceptors (Lipinski definition) is 7. The summed E-state index contributed by atoms with van der Waals surface area (Å²) in [5, 5.41) is 8.71. The molecule has 1 aromatic carbocycles.